The lowest BCUT2D eigenvalue weighted by Crippen LogP contribution is -2.12. The molecule has 0 spiro atoms. The van der Waals surface area contributed by atoms with Crippen LogP contribution in [-0.4, -0.2) is 20.5 Å². The zero-order valence-electron chi connectivity index (χ0n) is 11.4. The molecule has 4 nitrogen and oxygen atoms in total. The van der Waals surface area contributed by atoms with Gasteiger partial charge in [0.15, 0.2) is 5.78 Å². The lowest BCUT2D eigenvalue weighted by molar-refractivity contribution is 0.0981. The van der Waals surface area contributed by atoms with E-state index in [0.717, 1.165) is 17.9 Å². The molecule has 0 unspecified atom stereocenters. The van der Waals surface area contributed by atoms with Crippen LogP contribution in [0.2, 0.25) is 0 Å². The van der Waals surface area contributed by atoms with Gasteiger partial charge in [-0.05, 0) is 5.92 Å². The van der Waals surface area contributed by atoms with E-state index in [-0.39, 0.29) is 5.78 Å². The minimum atomic E-state index is 0.152. The summed E-state index contributed by atoms with van der Waals surface area (Å²) in [4.78, 5) is 16.3. The van der Waals surface area contributed by atoms with Crippen LogP contribution in [0.1, 0.15) is 36.5 Å². The van der Waals surface area contributed by atoms with E-state index in [2.05, 4.69) is 23.9 Å². The van der Waals surface area contributed by atoms with Gasteiger partial charge in [0.2, 0.25) is 0 Å². The van der Waals surface area contributed by atoms with E-state index in [1.165, 1.54) is 0 Å². The number of carbonyl (C=O) groups excluding carboxylic acids is 1. The highest BCUT2D eigenvalue weighted by molar-refractivity contribution is 5.96. The Balaban J connectivity index is 1.96. The molecule has 4 heteroatoms. The van der Waals surface area contributed by atoms with Crippen molar-refractivity contribution in [2.75, 3.05) is 0 Å². The van der Waals surface area contributed by atoms with Crippen molar-refractivity contribution >= 4 is 5.78 Å². The van der Waals surface area contributed by atoms with Crippen LogP contribution in [0.15, 0.2) is 36.7 Å². The van der Waals surface area contributed by atoms with Crippen LogP contribution >= 0.6 is 0 Å². The lowest BCUT2D eigenvalue weighted by Gasteiger charge is -2.08. The van der Waals surface area contributed by atoms with Crippen molar-refractivity contribution in [2.45, 2.75) is 33.2 Å². The van der Waals surface area contributed by atoms with Gasteiger partial charge in [-0.1, -0.05) is 44.2 Å². The van der Waals surface area contributed by atoms with Crippen LogP contribution in [0, 0.1) is 5.92 Å². The van der Waals surface area contributed by atoms with E-state index in [0.29, 0.717) is 18.8 Å². The molecule has 0 fully saturated rings. The van der Waals surface area contributed by atoms with Crippen molar-refractivity contribution in [3.05, 3.63) is 48.0 Å². The number of Topliss-reactive ketones (excluding diaryl/α,β-unsaturated/α-hetero) is 1. The number of carbonyl (C=O) groups is 1. The second kappa shape index (κ2) is 6.27. The van der Waals surface area contributed by atoms with E-state index in [1.54, 1.807) is 6.33 Å². The van der Waals surface area contributed by atoms with Gasteiger partial charge < -0.3 is 0 Å². The van der Waals surface area contributed by atoms with Crippen molar-refractivity contribution in [3.8, 4) is 0 Å². The summed E-state index contributed by atoms with van der Waals surface area (Å²) in [7, 11) is 0. The van der Waals surface area contributed by atoms with Crippen molar-refractivity contribution in [3.63, 3.8) is 0 Å². The summed E-state index contributed by atoms with van der Waals surface area (Å²) in [6.45, 7) is 5.12. The molecule has 1 heterocycles. The third-order valence-electron chi connectivity index (χ3n) is 2.91. The minimum absolute atomic E-state index is 0.152. The first kappa shape index (κ1) is 13.5. The Morgan fingerprint density at radius 2 is 2.00 bits per heavy atom. The first-order chi connectivity index (χ1) is 9.16. The van der Waals surface area contributed by atoms with E-state index < -0.39 is 0 Å². The number of hydrogen-bond donors (Lipinski definition) is 0. The smallest absolute Gasteiger partial charge is 0.163 e. The summed E-state index contributed by atoms with van der Waals surface area (Å²) in [5.74, 6) is 1.56. The number of benzene rings is 1. The summed E-state index contributed by atoms with van der Waals surface area (Å²) in [6.07, 6.45) is 2.67. The highest BCUT2D eigenvalue weighted by atomic mass is 16.1. The van der Waals surface area contributed by atoms with Crippen molar-refractivity contribution in [1.29, 1.82) is 0 Å². The number of ketones is 1. The number of aromatic nitrogens is 3. The molecule has 0 saturated carbocycles. The van der Waals surface area contributed by atoms with Crippen LogP contribution in [0.3, 0.4) is 0 Å². The van der Waals surface area contributed by atoms with Gasteiger partial charge >= 0.3 is 0 Å². The second-order valence-corrected chi connectivity index (χ2v) is 5.04. The van der Waals surface area contributed by atoms with Crippen LogP contribution < -0.4 is 0 Å². The van der Waals surface area contributed by atoms with Gasteiger partial charge in [-0.25, -0.2) is 9.67 Å². The van der Waals surface area contributed by atoms with Crippen LogP contribution in [0.5, 0.6) is 0 Å². The zero-order valence-corrected chi connectivity index (χ0v) is 11.4. The summed E-state index contributed by atoms with van der Waals surface area (Å²) in [5.41, 5.74) is 0.762. The lowest BCUT2D eigenvalue weighted by atomic mass is 10.1. The Labute approximate surface area is 113 Å². The van der Waals surface area contributed by atoms with Gasteiger partial charge in [-0.3, -0.25) is 4.79 Å². The summed E-state index contributed by atoms with van der Waals surface area (Å²) >= 11 is 0. The number of hydrogen-bond acceptors (Lipinski definition) is 3. The predicted molar refractivity (Wildman–Crippen MR) is 74.0 cm³/mol. The number of nitrogens with zero attached hydrogens (tertiary/aromatic N) is 3. The van der Waals surface area contributed by atoms with Gasteiger partial charge in [-0.2, -0.15) is 5.10 Å². The normalized spacial score (nSPS) is 10.9. The van der Waals surface area contributed by atoms with Crippen molar-refractivity contribution in [2.24, 2.45) is 5.92 Å². The average Bonchev–Trinajstić information content (AvgIpc) is 2.83. The predicted octanol–water partition coefficient (Wildman–Crippen LogP) is 2.75. The fourth-order valence-electron chi connectivity index (χ4n) is 1.97. The Hall–Kier alpha value is -1.97. The van der Waals surface area contributed by atoms with E-state index >= 15 is 0 Å². The second-order valence-electron chi connectivity index (χ2n) is 5.04. The largest absolute Gasteiger partial charge is 0.294 e. The van der Waals surface area contributed by atoms with Crippen molar-refractivity contribution in [1.82, 2.24) is 14.8 Å². The SMILES string of the molecule is CC(C)Cn1ncnc1CCC(=O)c1ccccc1. The first-order valence-corrected chi connectivity index (χ1v) is 6.61. The molecule has 19 heavy (non-hydrogen) atoms. The molecule has 0 N–H and O–H groups in total. The maximum absolute atomic E-state index is 12.0. The quantitative estimate of drug-likeness (QED) is 0.748. The molecule has 0 aliphatic heterocycles. The Morgan fingerprint density at radius 3 is 2.68 bits per heavy atom. The van der Waals surface area contributed by atoms with E-state index in [1.807, 2.05) is 35.0 Å². The molecule has 0 saturated heterocycles. The monoisotopic (exact) mass is 257 g/mol. The molecule has 0 aliphatic rings. The Morgan fingerprint density at radius 1 is 1.26 bits per heavy atom. The first-order valence-electron chi connectivity index (χ1n) is 6.61. The zero-order chi connectivity index (χ0) is 13.7. The van der Waals surface area contributed by atoms with Crippen molar-refractivity contribution < 1.29 is 4.79 Å². The molecular formula is C15H19N3O. The maximum atomic E-state index is 12.0. The summed E-state index contributed by atoms with van der Waals surface area (Å²) < 4.78 is 1.89. The van der Waals surface area contributed by atoms with Crippen LogP contribution in [-0.2, 0) is 13.0 Å². The van der Waals surface area contributed by atoms with E-state index in [4.69, 9.17) is 0 Å². The highest BCUT2D eigenvalue weighted by Crippen LogP contribution is 2.08. The number of aryl methyl sites for hydroxylation is 1. The molecule has 1 aromatic carbocycles. The average molecular weight is 257 g/mol. The molecule has 0 atom stereocenters. The van der Waals surface area contributed by atoms with Gasteiger partial charge in [0.1, 0.15) is 12.2 Å². The third-order valence-corrected chi connectivity index (χ3v) is 2.91. The molecule has 0 bridgehead atoms. The molecular weight excluding hydrogens is 238 g/mol. The Kier molecular flexibility index (Phi) is 4.44. The van der Waals surface area contributed by atoms with Crippen LogP contribution in [0.4, 0.5) is 0 Å². The molecule has 2 aromatic rings. The fourth-order valence-corrected chi connectivity index (χ4v) is 1.97. The van der Waals surface area contributed by atoms with Gasteiger partial charge in [0, 0.05) is 24.9 Å². The molecule has 1 aromatic heterocycles. The van der Waals surface area contributed by atoms with Gasteiger partial charge in [0.25, 0.3) is 0 Å². The van der Waals surface area contributed by atoms with Gasteiger partial charge in [-0.15, -0.1) is 0 Å². The highest BCUT2D eigenvalue weighted by Gasteiger charge is 2.10. The van der Waals surface area contributed by atoms with Crippen LogP contribution in [0.25, 0.3) is 0 Å². The third kappa shape index (κ3) is 3.74. The maximum Gasteiger partial charge on any atom is 0.163 e. The molecule has 0 aliphatic carbocycles. The van der Waals surface area contributed by atoms with E-state index in [9.17, 15) is 4.79 Å². The number of rotatable bonds is 6. The summed E-state index contributed by atoms with van der Waals surface area (Å²) in [5, 5.41) is 4.20. The fraction of sp³-hybridized carbons (Fsp3) is 0.400. The molecule has 100 valence electrons. The standard InChI is InChI=1S/C15H19N3O/c1-12(2)10-18-15(16-11-17-18)9-8-14(19)13-6-4-3-5-7-13/h3-7,11-12H,8-10H2,1-2H3. The topological polar surface area (TPSA) is 47.8 Å². The minimum Gasteiger partial charge on any atom is -0.294 e. The molecule has 0 radical (unpaired) electrons. The Bertz CT molecular complexity index is 531. The summed E-state index contributed by atoms with van der Waals surface area (Å²) in [6, 6.07) is 9.38. The molecule has 0 amide bonds. The van der Waals surface area contributed by atoms with Gasteiger partial charge in [0.05, 0.1) is 0 Å². The molecule has 2 rings (SSSR count).